The lowest BCUT2D eigenvalue weighted by atomic mass is 10.1. The smallest absolute Gasteiger partial charge is 0.337 e. The molecule has 0 aliphatic rings. The van der Waals surface area contributed by atoms with Crippen LogP contribution in [0.2, 0.25) is 0 Å². The number of esters is 1. The van der Waals surface area contributed by atoms with E-state index in [1.807, 2.05) is 67.1 Å². The van der Waals surface area contributed by atoms with Gasteiger partial charge in [-0.3, -0.25) is 9.36 Å². The predicted molar refractivity (Wildman–Crippen MR) is 119 cm³/mol. The Kier molecular flexibility index (Phi) is 7.86. The minimum absolute atomic E-state index is 0.0710. The van der Waals surface area contributed by atoms with Crippen molar-refractivity contribution in [1.82, 2.24) is 14.9 Å². The van der Waals surface area contributed by atoms with Gasteiger partial charge in [0.1, 0.15) is 6.61 Å². The number of imidazole rings is 1. The highest BCUT2D eigenvalue weighted by molar-refractivity contribution is 7.99. The first kappa shape index (κ1) is 22.6. The van der Waals surface area contributed by atoms with Crippen LogP contribution >= 0.6 is 11.8 Å². The Morgan fingerprint density at radius 2 is 1.97 bits per heavy atom. The monoisotopic (exact) mass is 439 g/mol. The minimum Gasteiger partial charge on any atom is -0.459 e. The Bertz CT molecular complexity index is 1040. The summed E-state index contributed by atoms with van der Waals surface area (Å²) in [5.41, 5.74) is 4.07. The molecule has 1 amide bonds. The molecule has 162 valence electrons. The topological polar surface area (TPSA) is 93.5 Å². The van der Waals surface area contributed by atoms with Crippen molar-refractivity contribution in [1.29, 1.82) is 0 Å². The highest BCUT2D eigenvalue weighted by atomic mass is 32.2. The number of aliphatic hydroxyl groups excluding tert-OH is 1. The van der Waals surface area contributed by atoms with Crippen LogP contribution in [0.4, 0.5) is 0 Å². The lowest BCUT2D eigenvalue weighted by Crippen LogP contribution is -2.38. The van der Waals surface area contributed by atoms with E-state index < -0.39 is 12.1 Å². The number of benzene rings is 2. The van der Waals surface area contributed by atoms with E-state index in [1.165, 1.54) is 11.8 Å². The number of amides is 1. The van der Waals surface area contributed by atoms with Gasteiger partial charge in [0.25, 0.3) is 0 Å². The summed E-state index contributed by atoms with van der Waals surface area (Å²) in [5, 5.41) is 13.2. The molecule has 8 heteroatoms. The molecule has 7 nitrogen and oxygen atoms in total. The highest BCUT2D eigenvalue weighted by Crippen LogP contribution is 2.23. The van der Waals surface area contributed by atoms with E-state index in [4.69, 9.17) is 4.74 Å². The molecule has 0 spiro atoms. The molecule has 3 rings (SSSR count). The lowest BCUT2D eigenvalue weighted by Gasteiger charge is -2.13. The van der Waals surface area contributed by atoms with Crippen molar-refractivity contribution in [2.75, 3.05) is 12.3 Å². The lowest BCUT2D eigenvalue weighted by molar-refractivity contribution is -0.154. The average molecular weight is 440 g/mol. The molecule has 0 aliphatic heterocycles. The van der Waals surface area contributed by atoms with Gasteiger partial charge in [-0.1, -0.05) is 54.2 Å². The summed E-state index contributed by atoms with van der Waals surface area (Å²) < 4.78 is 7.01. The second-order valence-corrected chi connectivity index (χ2v) is 8.01. The molecule has 0 bridgehead atoms. The van der Waals surface area contributed by atoms with Crippen LogP contribution in [-0.4, -0.2) is 44.9 Å². The van der Waals surface area contributed by atoms with Gasteiger partial charge in [-0.15, -0.1) is 0 Å². The number of carbonyl (C=O) groups is 2. The van der Waals surface area contributed by atoms with Crippen LogP contribution in [0.3, 0.4) is 0 Å². The Hall–Kier alpha value is -3.10. The van der Waals surface area contributed by atoms with E-state index in [9.17, 15) is 14.7 Å². The fourth-order valence-corrected chi connectivity index (χ4v) is 3.65. The van der Waals surface area contributed by atoms with Gasteiger partial charge in [-0.05, 0) is 36.6 Å². The van der Waals surface area contributed by atoms with Gasteiger partial charge in [0.15, 0.2) is 11.3 Å². The number of rotatable bonds is 9. The molecule has 0 saturated carbocycles. The molecule has 3 aromatic rings. The number of aliphatic hydroxyl groups is 1. The Labute approximate surface area is 185 Å². The number of nitrogens with one attached hydrogen (secondary N) is 1. The zero-order valence-electron chi connectivity index (χ0n) is 17.4. The van der Waals surface area contributed by atoms with Crippen molar-refractivity contribution < 1.29 is 19.4 Å². The molecular weight excluding hydrogens is 414 g/mol. The molecule has 0 saturated heterocycles. The van der Waals surface area contributed by atoms with Crippen molar-refractivity contribution in [2.45, 2.75) is 31.7 Å². The first-order valence-electron chi connectivity index (χ1n) is 9.83. The Morgan fingerprint density at radius 1 is 1.19 bits per heavy atom. The first-order valence-corrected chi connectivity index (χ1v) is 10.8. The van der Waals surface area contributed by atoms with Gasteiger partial charge in [0, 0.05) is 12.4 Å². The van der Waals surface area contributed by atoms with Crippen molar-refractivity contribution in [3.8, 4) is 5.69 Å². The minimum atomic E-state index is -1.42. The highest BCUT2D eigenvalue weighted by Gasteiger charge is 2.18. The number of hydrogen-bond donors (Lipinski definition) is 2. The number of thioether (sulfide) groups is 1. The normalized spacial score (nSPS) is 11.7. The van der Waals surface area contributed by atoms with E-state index in [1.54, 1.807) is 6.20 Å². The fourth-order valence-electron chi connectivity index (χ4n) is 2.86. The van der Waals surface area contributed by atoms with Crippen molar-refractivity contribution in [3.05, 3.63) is 77.6 Å². The second-order valence-electron chi connectivity index (χ2n) is 7.07. The molecule has 0 radical (unpaired) electrons. The zero-order chi connectivity index (χ0) is 22.2. The van der Waals surface area contributed by atoms with Crippen LogP contribution in [0.25, 0.3) is 5.69 Å². The van der Waals surface area contributed by atoms with Crippen molar-refractivity contribution >= 4 is 23.6 Å². The van der Waals surface area contributed by atoms with E-state index in [2.05, 4.69) is 16.4 Å². The predicted octanol–water partition coefficient (Wildman–Crippen LogP) is 2.80. The van der Waals surface area contributed by atoms with Crippen molar-refractivity contribution in [3.63, 3.8) is 0 Å². The van der Waals surface area contributed by atoms with E-state index in [0.717, 1.165) is 22.4 Å². The largest absolute Gasteiger partial charge is 0.459 e. The van der Waals surface area contributed by atoms with Gasteiger partial charge >= 0.3 is 5.97 Å². The van der Waals surface area contributed by atoms with E-state index >= 15 is 0 Å². The quantitative estimate of drug-likeness (QED) is 0.393. The van der Waals surface area contributed by atoms with Crippen LogP contribution in [0.5, 0.6) is 0 Å². The summed E-state index contributed by atoms with van der Waals surface area (Å²) in [6, 6.07) is 15.3. The van der Waals surface area contributed by atoms with Crippen LogP contribution in [0.1, 0.15) is 16.7 Å². The average Bonchev–Trinajstić information content (AvgIpc) is 3.25. The summed E-state index contributed by atoms with van der Waals surface area (Å²) >= 11 is 1.28. The standard InChI is InChI=1S/C23H25N3O4S/c1-16-8-9-17(2)19(12-16)26-11-10-24-23(26)31-15-21(28)25-13-20(27)22(29)30-14-18-6-4-3-5-7-18/h3-12,20,27H,13-15H2,1-2H3,(H,25,28)/t20-/m1/s1. The Balaban J connectivity index is 1.46. The molecule has 0 unspecified atom stereocenters. The number of hydrogen-bond acceptors (Lipinski definition) is 6. The number of nitrogens with zero attached hydrogens (tertiary/aromatic N) is 2. The number of aryl methyl sites for hydroxylation is 2. The van der Waals surface area contributed by atoms with Gasteiger partial charge in [-0.2, -0.15) is 0 Å². The SMILES string of the molecule is Cc1ccc(C)c(-n2ccnc2SCC(=O)NC[C@@H](O)C(=O)OCc2ccccc2)c1. The third-order valence-corrected chi connectivity index (χ3v) is 5.52. The van der Waals surface area contributed by atoms with Gasteiger partial charge in [0.2, 0.25) is 5.91 Å². The molecule has 1 aromatic heterocycles. The maximum Gasteiger partial charge on any atom is 0.337 e. The maximum absolute atomic E-state index is 12.2. The molecule has 0 aliphatic carbocycles. The molecule has 31 heavy (non-hydrogen) atoms. The molecule has 1 heterocycles. The fraction of sp³-hybridized carbons (Fsp3) is 0.261. The first-order chi connectivity index (χ1) is 14.9. The maximum atomic E-state index is 12.2. The van der Waals surface area contributed by atoms with Crippen LogP contribution in [0.15, 0.2) is 66.1 Å². The van der Waals surface area contributed by atoms with Crippen LogP contribution < -0.4 is 5.32 Å². The summed E-state index contributed by atoms with van der Waals surface area (Å²) in [5.74, 6) is -0.981. The molecule has 1 atom stereocenters. The molecule has 2 N–H and O–H groups in total. The number of ether oxygens (including phenoxy) is 1. The third-order valence-electron chi connectivity index (χ3n) is 4.55. The summed E-state index contributed by atoms with van der Waals surface area (Å²) in [4.78, 5) is 28.4. The van der Waals surface area contributed by atoms with Crippen LogP contribution in [0, 0.1) is 13.8 Å². The second kappa shape index (κ2) is 10.8. The summed E-state index contributed by atoms with van der Waals surface area (Å²) in [6.07, 6.45) is 2.12. The van der Waals surface area contributed by atoms with E-state index in [0.29, 0.717) is 5.16 Å². The summed E-state index contributed by atoms with van der Waals surface area (Å²) in [6.45, 7) is 3.91. The van der Waals surface area contributed by atoms with Crippen LogP contribution in [-0.2, 0) is 20.9 Å². The van der Waals surface area contributed by atoms with E-state index in [-0.39, 0.29) is 24.8 Å². The number of aromatic nitrogens is 2. The van der Waals surface area contributed by atoms with Crippen molar-refractivity contribution in [2.24, 2.45) is 0 Å². The Morgan fingerprint density at radius 3 is 2.74 bits per heavy atom. The summed E-state index contributed by atoms with van der Waals surface area (Å²) in [7, 11) is 0. The third kappa shape index (κ3) is 6.44. The van der Waals surface area contributed by atoms with Gasteiger partial charge < -0.3 is 15.2 Å². The molecule has 0 fully saturated rings. The van der Waals surface area contributed by atoms with Gasteiger partial charge in [-0.25, -0.2) is 9.78 Å². The van der Waals surface area contributed by atoms with Gasteiger partial charge in [0.05, 0.1) is 18.0 Å². The number of carbonyl (C=O) groups excluding carboxylic acids is 2. The zero-order valence-corrected chi connectivity index (χ0v) is 18.3. The molecular formula is C23H25N3O4S. The molecule has 2 aromatic carbocycles.